The molecule has 1 N–H and O–H groups in total. The second-order valence-corrected chi connectivity index (χ2v) is 8.77. The Bertz CT molecular complexity index is 1280. The van der Waals surface area contributed by atoms with Crippen molar-refractivity contribution < 1.29 is 4.79 Å². The maximum absolute atomic E-state index is 12.4. The molecular weight excluding hydrogens is 475 g/mol. The zero-order chi connectivity index (χ0) is 21.8. The molecular formula is C20H12Cl2N6OS2. The van der Waals surface area contributed by atoms with Gasteiger partial charge in [-0.15, -0.1) is 21.5 Å². The van der Waals surface area contributed by atoms with Gasteiger partial charge in [-0.1, -0.05) is 35.0 Å². The number of benzene rings is 1. The minimum Gasteiger partial charge on any atom is -0.316 e. The lowest BCUT2D eigenvalue weighted by atomic mass is 10.2. The average Bonchev–Trinajstić information content (AvgIpc) is 3.41. The molecule has 0 saturated heterocycles. The fourth-order valence-corrected chi connectivity index (χ4v) is 4.49. The SMILES string of the molecule is N#Cc1ccsc1NC(=O)CSc1nnc(-c2cccnc2)n1-c1ccc(Cl)c(Cl)c1. The quantitative estimate of drug-likeness (QED) is 0.371. The number of nitrogens with one attached hydrogen (secondary N) is 1. The van der Waals surface area contributed by atoms with E-state index >= 15 is 0 Å². The number of carbonyl (C=O) groups is 1. The number of aromatic nitrogens is 4. The third-order valence-corrected chi connectivity index (χ3v) is 6.58. The van der Waals surface area contributed by atoms with E-state index in [9.17, 15) is 4.79 Å². The topological polar surface area (TPSA) is 96.5 Å². The summed E-state index contributed by atoms with van der Waals surface area (Å²) in [6, 6.07) is 12.6. The van der Waals surface area contributed by atoms with E-state index in [1.54, 1.807) is 52.7 Å². The summed E-state index contributed by atoms with van der Waals surface area (Å²) in [5.74, 6) is 0.380. The second-order valence-electron chi connectivity index (χ2n) is 6.09. The molecule has 0 saturated carbocycles. The van der Waals surface area contributed by atoms with Crippen LogP contribution < -0.4 is 5.32 Å². The monoisotopic (exact) mass is 486 g/mol. The summed E-state index contributed by atoms with van der Waals surface area (Å²) in [7, 11) is 0. The van der Waals surface area contributed by atoms with Gasteiger partial charge >= 0.3 is 0 Å². The first-order valence-corrected chi connectivity index (χ1v) is 11.4. The molecule has 3 aromatic heterocycles. The number of nitrogens with zero attached hydrogens (tertiary/aromatic N) is 5. The number of thioether (sulfide) groups is 1. The van der Waals surface area contributed by atoms with Crippen molar-refractivity contribution >= 4 is 57.2 Å². The summed E-state index contributed by atoms with van der Waals surface area (Å²) in [5.41, 5.74) is 1.89. The van der Waals surface area contributed by atoms with Crippen molar-refractivity contribution in [2.24, 2.45) is 0 Å². The van der Waals surface area contributed by atoms with Crippen LogP contribution in [0.1, 0.15) is 5.56 Å². The van der Waals surface area contributed by atoms with Crippen LogP contribution in [-0.4, -0.2) is 31.4 Å². The fourth-order valence-electron chi connectivity index (χ4n) is 2.69. The van der Waals surface area contributed by atoms with Gasteiger partial charge in [-0.05, 0) is 41.8 Å². The number of halogens is 2. The summed E-state index contributed by atoms with van der Waals surface area (Å²) in [4.78, 5) is 16.6. The molecule has 0 radical (unpaired) electrons. The van der Waals surface area contributed by atoms with Gasteiger partial charge < -0.3 is 5.32 Å². The van der Waals surface area contributed by atoms with E-state index in [4.69, 9.17) is 28.5 Å². The molecule has 154 valence electrons. The lowest BCUT2D eigenvalue weighted by Gasteiger charge is -2.11. The van der Waals surface area contributed by atoms with Crippen LogP contribution in [0.25, 0.3) is 17.1 Å². The molecule has 0 spiro atoms. The Kier molecular flexibility index (Phi) is 6.53. The molecule has 11 heteroatoms. The summed E-state index contributed by atoms with van der Waals surface area (Å²) in [5, 5.41) is 24.0. The fraction of sp³-hybridized carbons (Fsp3) is 0.0500. The van der Waals surface area contributed by atoms with Crippen LogP contribution in [-0.2, 0) is 4.79 Å². The second kappa shape index (κ2) is 9.49. The third-order valence-electron chi connectivity index (χ3n) is 4.09. The van der Waals surface area contributed by atoms with Gasteiger partial charge in [0.1, 0.15) is 11.1 Å². The Morgan fingerprint density at radius 1 is 1.23 bits per heavy atom. The van der Waals surface area contributed by atoms with Crippen molar-refractivity contribution in [2.75, 3.05) is 11.1 Å². The molecule has 3 heterocycles. The molecule has 4 aromatic rings. The molecule has 4 rings (SSSR count). The maximum Gasteiger partial charge on any atom is 0.235 e. The number of carbonyl (C=O) groups excluding carboxylic acids is 1. The molecule has 0 aliphatic carbocycles. The Balaban J connectivity index is 1.63. The minimum atomic E-state index is -0.254. The summed E-state index contributed by atoms with van der Waals surface area (Å²) < 4.78 is 1.79. The summed E-state index contributed by atoms with van der Waals surface area (Å²) in [6.45, 7) is 0. The van der Waals surface area contributed by atoms with Gasteiger partial charge in [0.25, 0.3) is 0 Å². The largest absolute Gasteiger partial charge is 0.316 e. The first-order chi connectivity index (χ1) is 15.1. The molecule has 0 fully saturated rings. The molecule has 0 unspecified atom stereocenters. The van der Waals surface area contributed by atoms with Crippen LogP contribution >= 0.6 is 46.3 Å². The van der Waals surface area contributed by atoms with E-state index in [0.29, 0.717) is 37.3 Å². The number of rotatable bonds is 6. The van der Waals surface area contributed by atoms with E-state index in [-0.39, 0.29) is 11.7 Å². The van der Waals surface area contributed by atoms with Gasteiger partial charge in [-0.3, -0.25) is 14.3 Å². The van der Waals surface area contributed by atoms with Gasteiger partial charge in [0, 0.05) is 18.0 Å². The zero-order valence-corrected chi connectivity index (χ0v) is 18.8. The van der Waals surface area contributed by atoms with Gasteiger partial charge in [0.15, 0.2) is 11.0 Å². The van der Waals surface area contributed by atoms with Crippen LogP contribution in [0.15, 0.2) is 59.3 Å². The lowest BCUT2D eigenvalue weighted by molar-refractivity contribution is -0.113. The van der Waals surface area contributed by atoms with Crippen molar-refractivity contribution in [3.05, 3.63) is 69.8 Å². The highest BCUT2D eigenvalue weighted by Gasteiger charge is 2.18. The molecule has 0 aliphatic heterocycles. The molecule has 1 aromatic carbocycles. The highest BCUT2D eigenvalue weighted by molar-refractivity contribution is 7.99. The summed E-state index contributed by atoms with van der Waals surface area (Å²) in [6.07, 6.45) is 3.35. The molecule has 31 heavy (non-hydrogen) atoms. The van der Waals surface area contributed by atoms with Crippen molar-refractivity contribution in [1.82, 2.24) is 19.7 Å². The first kappa shape index (κ1) is 21.3. The Hall–Kier alpha value is -2.90. The van der Waals surface area contributed by atoms with Gasteiger partial charge in [0.2, 0.25) is 5.91 Å². The smallest absolute Gasteiger partial charge is 0.235 e. The predicted molar refractivity (Wildman–Crippen MR) is 123 cm³/mol. The number of nitriles is 1. The highest BCUT2D eigenvalue weighted by Crippen LogP contribution is 2.31. The first-order valence-electron chi connectivity index (χ1n) is 8.78. The van der Waals surface area contributed by atoms with Crippen LogP contribution in [0.2, 0.25) is 10.0 Å². The van der Waals surface area contributed by atoms with Crippen molar-refractivity contribution in [1.29, 1.82) is 5.26 Å². The van der Waals surface area contributed by atoms with Crippen molar-refractivity contribution in [2.45, 2.75) is 5.16 Å². The predicted octanol–water partition coefficient (Wildman–Crippen LogP) is 5.30. The molecule has 0 aliphatic rings. The number of anilines is 1. The number of hydrogen-bond acceptors (Lipinski definition) is 7. The molecule has 0 bridgehead atoms. The lowest BCUT2D eigenvalue weighted by Crippen LogP contribution is -2.14. The molecule has 0 atom stereocenters. The normalized spacial score (nSPS) is 10.6. The molecule has 7 nitrogen and oxygen atoms in total. The highest BCUT2D eigenvalue weighted by atomic mass is 35.5. The maximum atomic E-state index is 12.4. The Morgan fingerprint density at radius 2 is 2.10 bits per heavy atom. The number of amides is 1. The molecule has 1 amide bonds. The Labute approximate surface area is 195 Å². The third kappa shape index (κ3) is 4.73. The zero-order valence-electron chi connectivity index (χ0n) is 15.6. The van der Waals surface area contributed by atoms with Crippen LogP contribution in [0.4, 0.5) is 5.00 Å². The van der Waals surface area contributed by atoms with Crippen molar-refractivity contribution in [3.8, 4) is 23.1 Å². The van der Waals surface area contributed by atoms with Gasteiger partial charge in [-0.25, -0.2) is 0 Å². The van der Waals surface area contributed by atoms with Crippen LogP contribution in [0, 0.1) is 11.3 Å². The summed E-state index contributed by atoms with van der Waals surface area (Å²) >= 11 is 14.8. The van der Waals surface area contributed by atoms with E-state index in [1.807, 2.05) is 12.1 Å². The minimum absolute atomic E-state index is 0.0786. The van der Waals surface area contributed by atoms with Crippen LogP contribution in [0.5, 0.6) is 0 Å². The average molecular weight is 487 g/mol. The standard InChI is InChI=1S/C20H12Cl2N6OS2/c21-15-4-3-14(8-16(15)22)28-18(13-2-1-6-24-10-13)26-27-20(28)31-11-17(29)25-19-12(9-23)5-7-30-19/h1-8,10H,11H2,(H,25,29). The van der Waals surface area contributed by atoms with E-state index in [1.165, 1.54) is 23.1 Å². The number of thiophene rings is 1. The number of hydrogen-bond donors (Lipinski definition) is 1. The van der Waals surface area contributed by atoms with Crippen LogP contribution in [0.3, 0.4) is 0 Å². The van der Waals surface area contributed by atoms with Gasteiger partial charge in [-0.2, -0.15) is 5.26 Å². The van der Waals surface area contributed by atoms with Gasteiger partial charge in [0.05, 0.1) is 27.0 Å². The van der Waals surface area contributed by atoms with E-state index in [0.717, 1.165) is 5.56 Å². The van der Waals surface area contributed by atoms with E-state index < -0.39 is 0 Å². The number of pyridine rings is 1. The Morgan fingerprint density at radius 3 is 2.84 bits per heavy atom. The van der Waals surface area contributed by atoms with E-state index in [2.05, 4.69) is 20.5 Å². The van der Waals surface area contributed by atoms with Crippen molar-refractivity contribution in [3.63, 3.8) is 0 Å².